The molecule has 3 amide bonds. The molecule has 1 fully saturated rings. The summed E-state index contributed by atoms with van der Waals surface area (Å²) in [7, 11) is 0. The van der Waals surface area contributed by atoms with Crippen LogP contribution < -0.4 is 20.3 Å². The Morgan fingerprint density at radius 3 is 2.19 bits per heavy atom. The highest BCUT2D eigenvalue weighted by Gasteiger charge is 2.21. The van der Waals surface area contributed by atoms with Crippen LogP contribution in [0.5, 0.6) is 5.75 Å². The maximum absolute atomic E-state index is 12.0. The van der Waals surface area contributed by atoms with Gasteiger partial charge in [0.1, 0.15) is 5.75 Å². The second kappa shape index (κ2) is 8.35. The first-order valence-corrected chi connectivity index (χ1v) is 8.72. The van der Waals surface area contributed by atoms with Crippen molar-refractivity contribution in [3.05, 3.63) is 48.5 Å². The summed E-state index contributed by atoms with van der Waals surface area (Å²) >= 11 is 0. The van der Waals surface area contributed by atoms with Crippen molar-refractivity contribution in [3.8, 4) is 5.75 Å². The summed E-state index contributed by atoms with van der Waals surface area (Å²) in [5.74, 6) is 0.246. The van der Waals surface area contributed by atoms with Gasteiger partial charge in [0.05, 0.1) is 0 Å². The van der Waals surface area contributed by atoms with Crippen LogP contribution in [0.2, 0.25) is 0 Å². The van der Waals surface area contributed by atoms with Gasteiger partial charge >= 0.3 is 0 Å². The van der Waals surface area contributed by atoms with Crippen LogP contribution in [0.25, 0.3) is 0 Å². The van der Waals surface area contributed by atoms with Gasteiger partial charge in [-0.2, -0.15) is 0 Å². The quantitative estimate of drug-likeness (QED) is 0.822. The van der Waals surface area contributed by atoms with Gasteiger partial charge in [0.2, 0.25) is 11.8 Å². The van der Waals surface area contributed by atoms with Crippen LogP contribution in [-0.4, -0.2) is 30.9 Å². The molecule has 1 aliphatic rings. The molecule has 2 N–H and O–H groups in total. The molecule has 2 aromatic rings. The third kappa shape index (κ3) is 5.07. The zero-order valence-corrected chi connectivity index (χ0v) is 15.0. The molecule has 0 spiro atoms. The van der Waals surface area contributed by atoms with Crippen LogP contribution in [0, 0.1) is 0 Å². The molecule has 0 aromatic heterocycles. The third-order valence-electron chi connectivity index (χ3n) is 4.08. The minimum absolute atomic E-state index is 0.130. The fraction of sp³-hybridized carbons (Fsp3) is 0.250. The van der Waals surface area contributed by atoms with Crippen LogP contribution in [0.15, 0.2) is 48.5 Å². The van der Waals surface area contributed by atoms with E-state index >= 15 is 0 Å². The van der Waals surface area contributed by atoms with E-state index in [9.17, 15) is 14.4 Å². The van der Waals surface area contributed by atoms with Gasteiger partial charge in [-0.05, 0) is 55.0 Å². The molecule has 140 valence electrons. The number of carbonyl (C=O) groups excluding carboxylic acids is 3. The number of benzene rings is 2. The van der Waals surface area contributed by atoms with Gasteiger partial charge in [-0.3, -0.25) is 14.4 Å². The molecule has 27 heavy (non-hydrogen) atoms. The zero-order chi connectivity index (χ0) is 19.2. The number of nitrogens with zero attached hydrogens (tertiary/aromatic N) is 1. The number of rotatable bonds is 6. The van der Waals surface area contributed by atoms with Gasteiger partial charge in [0.25, 0.3) is 5.91 Å². The second-order valence-electron chi connectivity index (χ2n) is 6.24. The molecule has 0 unspecified atom stereocenters. The van der Waals surface area contributed by atoms with Gasteiger partial charge in [-0.1, -0.05) is 0 Å². The van der Waals surface area contributed by atoms with Crippen molar-refractivity contribution in [2.24, 2.45) is 0 Å². The maximum Gasteiger partial charge on any atom is 0.262 e. The lowest BCUT2D eigenvalue weighted by atomic mass is 10.2. The fourth-order valence-electron chi connectivity index (χ4n) is 2.83. The molecule has 1 heterocycles. The number of amides is 3. The Morgan fingerprint density at radius 1 is 1.00 bits per heavy atom. The summed E-state index contributed by atoms with van der Waals surface area (Å²) in [6.07, 6.45) is 1.47. The fourth-order valence-corrected chi connectivity index (χ4v) is 2.83. The van der Waals surface area contributed by atoms with Crippen molar-refractivity contribution in [2.75, 3.05) is 28.7 Å². The molecule has 0 atom stereocenters. The number of anilines is 3. The monoisotopic (exact) mass is 367 g/mol. The van der Waals surface area contributed by atoms with Crippen molar-refractivity contribution in [1.29, 1.82) is 0 Å². The minimum atomic E-state index is -0.291. The van der Waals surface area contributed by atoms with E-state index in [4.69, 9.17) is 4.74 Å². The lowest BCUT2D eigenvalue weighted by Crippen LogP contribution is -2.23. The van der Waals surface area contributed by atoms with Gasteiger partial charge in [0.15, 0.2) is 6.61 Å². The Bertz CT molecular complexity index is 831. The van der Waals surface area contributed by atoms with Crippen LogP contribution in [0.4, 0.5) is 17.1 Å². The Hall–Kier alpha value is -3.35. The first-order valence-electron chi connectivity index (χ1n) is 8.72. The maximum atomic E-state index is 12.0. The van der Waals surface area contributed by atoms with E-state index < -0.39 is 0 Å². The predicted molar refractivity (Wildman–Crippen MR) is 103 cm³/mol. The minimum Gasteiger partial charge on any atom is -0.484 e. The molecular weight excluding hydrogens is 346 g/mol. The van der Waals surface area contributed by atoms with Gasteiger partial charge in [-0.25, -0.2) is 0 Å². The van der Waals surface area contributed by atoms with Crippen LogP contribution in [-0.2, 0) is 14.4 Å². The molecule has 3 rings (SSSR count). The van der Waals surface area contributed by atoms with Crippen molar-refractivity contribution in [2.45, 2.75) is 19.8 Å². The third-order valence-corrected chi connectivity index (χ3v) is 4.08. The molecule has 1 aliphatic heterocycles. The highest BCUT2D eigenvalue weighted by molar-refractivity contribution is 5.95. The normalized spacial score (nSPS) is 13.4. The standard InChI is InChI=1S/C20H21N3O4/c1-14(24)21-15-4-6-16(7-5-15)22-19(25)13-27-18-10-8-17(9-11-18)23-12-2-3-20(23)26/h4-11H,2-3,12-13H2,1H3,(H,21,24)(H,22,25). The Labute approximate surface area is 157 Å². The predicted octanol–water partition coefficient (Wildman–Crippen LogP) is 2.79. The Balaban J connectivity index is 1.48. The van der Waals surface area contributed by atoms with Crippen LogP contribution >= 0.6 is 0 Å². The number of carbonyl (C=O) groups is 3. The van der Waals surface area contributed by atoms with E-state index in [1.54, 1.807) is 41.3 Å². The summed E-state index contributed by atoms with van der Waals surface area (Å²) in [6, 6.07) is 13.9. The number of hydrogen-bond donors (Lipinski definition) is 2. The molecule has 0 bridgehead atoms. The summed E-state index contributed by atoms with van der Waals surface area (Å²) in [4.78, 5) is 36.5. The van der Waals surface area contributed by atoms with E-state index in [1.807, 2.05) is 12.1 Å². The van der Waals surface area contributed by atoms with E-state index in [1.165, 1.54) is 6.92 Å². The van der Waals surface area contributed by atoms with E-state index in [2.05, 4.69) is 10.6 Å². The van der Waals surface area contributed by atoms with Gasteiger partial charge < -0.3 is 20.3 Å². The van der Waals surface area contributed by atoms with Crippen molar-refractivity contribution in [1.82, 2.24) is 0 Å². The summed E-state index contributed by atoms with van der Waals surface area (Å²) < 4.78 is 5.49. The second-order valence-corrected chi connectivity index (χ2v) is 6.24. The first kappa shape index (κ1) is 18.4. The SMILES string of the molecule is CC(=O)Nc1ccc(NC(=O)COc2ccc(N3CCCC3=O)cc2)cc1. The molecule has 1 saturated heterocycles. The average Bonchev–Trinajstić information content (AvgIpc) is 3.08. The molecule has 0 aliphatic carbocycles. The molecule has 0 radical (unpaired) electrons. The van der Waals surface area contributed by atoms with Crippen LogP contribution in [0.3, 0.4) is 0 Å². The lowest BCUT2D eigenvalue weighted by Gasteiger charge is -2.16. The van der Waals surface area contributed by atoms with E-state index in [0.717, 1.165) is 18.7 Å². The largest absolute Gasteiger partial charge is 0.484 e. The van der Waals surface area contributed by atoms with E-state index in [-0.39, 0.29) is 24.3 Å². The first-order chi connectivity index (χ1) is 13.0. The molecular formula is C20H21N3O4. The number of hydrogen-bond acceptors (Lipinski definition) is 4. The summed E-state index contributed by atoms with van der Waals surface area (Å²) in [5, 5.41) is 5.38. The lowest BCUT2D eigenvalue weighted by molar-refractivity contribution is -0.118. The summed E-state index contributed by atoms with van der Waals surface area (Å²) in [6.45, 7) is 2.04. The van der Waals surface area contributed by atoms with Gasteiger partial charge in [0, 0.05) is 37.0 Å². The van der Waals surface area contributed by atoms with Crippen molar-refractivity contribution >= 4 is 34.8 Å². The average molecular weight is 367 g/mol. The smallest absolute Gasteiger partial charge is 0.262 e. The summed E-state index contributed by atoms with van der Waals surface area (Å²) in [5.41, 5.74) is 2.11. The number of ether oxygens (including phenoxy) is 1. The zero-order valence-electron chi connectivity index (χ0n) is 15.0. The highest BCUT2D eigenvalue weighted by atomic mass is 16.5. The molecule has 2 aromatic carbocycles. The van der Waals surface area contributed by atoms with E-state index in [0.29, 0.717) is 23.5 Å². The molecule has 0 saturated carbocycles. The van der Waals surface area contributed by atoms with Crippen molar-refractivity contribution < 1.29 is 19.1 Å². The Kier molecular flexibility index (Phi) is 5.71. The van der Waals surface area contributed by atoms with Crippen LogP contribution in [0.1, 0.15) is 19.8 Å². The van der Waals surface area contributed by atoms with Gasteiger partial charge in [-0.15, -0.1) is 0 Å². The van der Waals surface area contributed by atoms with Crippen molar-refractivity contribution in [3.63, 3.8) is 0 Å². The molecule has 7 nitrogen and oxygen atoms in total. The number of nitrogens with one attached hydrogen (secondary N) is 2. The topological polar surface area (TPSA) is 87.7 Å². The molecule has 7 heteroatoms. The highest BCUT2D eigenvalue weighted by Crippen LogP contribution is 2.24. The Morgan fingerprint density at radius 2 is 1.63 bits per heavy atom.